The summed E-state index contributed by atoms with van der Waals surface area (Å²) in [6.07, 6.45) is 5.99. The van der Waals surface area contributed by atoms with E-state index in [9.17, 15) is 14.4 Å². The number of nitrogens with zero attached hydrogens (tertiary/aromatic N) is 4. The molecule has 4 aromatic heterocycles. The average Bonchev–Trinajstić information content (AvgIpc) is 3.44. The Bertz CT molecular complexity index is 1870. The van der Waals surface area contributed by atoms with Crippen molar-refractivity contribution in [2.75, 3.05) is 6.61 Å². The topological polar surface area (TPSA) is 108 Å². The molecular weight excluding hydrogens is 520 g/mol. The molecule has 0 aliphatic rings. The van der Waals surface area contributed by atoms with E-state index in [4.69, 9.17) is 25.7 Å². The van der Waals surface area contributed by atoms with Gasteiger partial charge in [-0.05, 0) is 67.4 Å². The summed E-state index contributed by atoms with van der Waals surface area (Å²) in [6.45, 7) is 3.65. The smallest absolute Gasteiger partial charge is 0.341 e. The van der Waals surface area contributed by atoms with E-state index in [0.29, 0.717) is 16.4 Å². The van der Waals surface area contributed by atoms with Crippen molar-refractivity contribution in [1.29, 1.82) is 0 Å². The highest BCUT2D eigenvalue weighted by Crippen LogP contribution is 2.16. The Kier molecular flexibility index (Phi) is 7.25. The third-order valence-corrected chi connectivity index (χ3v) is 6.25. The molecule has 0 aliphatic carbocycles. The first kappa shape index (κ1) is 25.9. The standard InChI is InChI=1S/C29H23ClN4O5/c1-3-38-29(37)23-16-22-26(32-25-18(2)6-4-14-33(25)28(22)36)34(17-21-7-5-15-39-21)27(23)31-24(35)13-10-19-8-11-20(30)12-9-19/h4-16H,3,17H2,1-2H3. The number of esters is 1. The maximum absolute atomic E-state index is 13.6. The fourth-order valence-corrected chi connectivity index (χ4v) is 4.28. The van der Waals surface area contributed by atoms with Gasteiger partial charge in [-0.1, -0.05) is 29.8 Å². The van der Waals surface area contributed by atoms with Crippen molar-refractivity contribution in [3.05, 3.63) is 116 Å². The minimum absolute atomic E-state index is 0.00654. The molecule has 0 bridgehead atoms. The van der Waals surface area contributed by atoms with Gasteiger partial charge in [0.2, 0.25) is 0 Å². The summed E-state index contributed by atoms with van der Waals surface area (Å²) >= 11 is 5.94. The molecule has 0 unspecified atom stereocenters. The van der Waals surface area contributed by atoms with Crippen molar-refractivity contribution < 1.29 is 18.7 Å². The number of pyridine rings is 2. The fourth-order valence-electron chi connectivity index (χ4n) is 4.16. The van der Waals surface area contributed by atoms with E-state index in [2.05, 4.69) is 4.99 Å². The van der Waals surface area contributed by atoms with Crippen LogP contribution in [0.1, 0.15) is 34.2 Å². The molecule has 0 fully saturated rings. The predicted molar refractivity (Wildman–Crippen MR) is 147 cm³/mol. The van der Waals surface area contributed by atoms with E-state index in [1.165, 1.54) is 27.4 Å². The highest BCUT2D eigenvalue weighted by Gasteiger charge is 2.21. The van der Waals surface area contributed by atoms with Crippen LogP contribution in [0.3, 0.4) is 0 Å². The van der Waals surface area contributed by atoms with Crippen molar-refractivity contribution in [2.45, 2.75) is 20.4 Å². The number of aryl methyl sites for hydroxylation is 1. The lowest BCUT2D eigenvalue weighted by atomic mass is 10.2. The number of carbonyl (C=O) groups is 2. The summed E-state index contributed by atoms with van der Waals surface area (Å²) in [5, 5.41) is 0.736. The van der Waals surface area contributed by atoms with Crippen molar-refractivity contribution in [3.8, 4) is 0 Å². The van der Waals surface area contributed by atoms with Crippen LogP contribution in [0, 0.1) is 6.92 Å². The summed E-state index contributed by atoms with van der Waals surface area (Å²) in [6, 6.07) is 15.3. The van der Waals surface area contributed by atoms with Crippen LogP contribution in [0.15, 0.2) is 87.3 Å². The average molecular weight is 543 g/mol. The van der Waals surface area contributed by atoms with E-state index < -0.39 is 11.9 Å². The van der Waals surface area contributed by atoms with Crippen molar-refractivity contribution in [1.82, 2.24) is 14.0 Å². The molecule has 39 heavy (non-hydrogen) atoms. The second kappa shape index (κ2) is 10.9. The first-order chi connectivity index (χ1) is 18.9. The molecule has 0 N–H and O–H groups in total. The normalized spacial score (nSPS) is 12.0. The zero-order chi connectivity index (χ0) is 27.5. The number of aromatic nitrogens is 3. The first-order valence-electron chi connectivity index (χ1n) is 12.1. The number of ether oxygens (including phenoxy) is 1. The van der Waals surface area contributed by atoms with Crippen LogP contribution in [0.5, 0.6) is 0 Å². The molecule has 9 nitrogen and oxygen atoms in total. The van der Waals surface area contributed by atoms with E-state index in [0.717, 1.165) is 11.1 Å². The van der Waals surface area contributed by atoms with Gasteiger partial charge in [0.1, 0.15) is 22.6 Å². The molecule has 196 valence electrons. The molecule has 10 heteroatoms. The Balaban J connectivity index is 1.81. The lowest BCUT2D eigenvalue weighted by molar-refractivity contribution is -0.113. The number of halogens is 1. The van der Waals surface area contributed by atoms with Crippen LogP contribution >= 0.6 is 11.6 Å². The first-order valence-corrected chi connectivity index (χ1v) is 12.5. The lowest BCUT2D eigenvalue weighted by Gasteiger charge is -2.14. The molecule has 4 heterocycles. The van der Waals surface area contributed by atoms with Crippen molar-refractivity contribution >= 4 is 46.2 Å². The van der Waals surface area contributed by atoms with Gasteiger partial charge in [0.25, 0.3) is 11.5 Å². The Hall–Kier alpha value is -4.76. The monoisotopic (exact) mass is 542 g/mol. The van der Waals surface area contributed by atoms with Gasteiger partial charge in [0.15, 0.2) is 5.49 Å². The molecule has 0 aliphatic heterocycles. The summed E-state index contributed by atoms with van der Waals surface area (Å²) < 4.78 is 13.8. The van der Waals surface area contributed by atoms with Gasteiger partial charge in [0, 0.05) is 17.3 Å². The highest BCUT2D eigenvalue weighted by molar-refractivity contribution is 6.30. The summed E-state index contributed by atoms with van der Waals surface area (Å²) in [4.78, 5) is 48.8. The third kappa shape index (κ3) is 5.30. The molecule has 0 atom stereocenters. The van der Waals surface area contributed by atoms with Crippen LogP contribution in [0.25, 0.3) is 22.8 Å². The van der Waals surface area contributed by atoms with Crippen LogP contribution in [0.2, 0.25) is 5.02 Å². The number of rotatable bonds is 6. The van der Waals surface area contributed by atoms with Gasteiger partial charge in [-0.2, -0.15) is 4.99 Å². The van der Waals surface area contributed by atoms with Gasteiger partial charge < -0.3 is 13.7 Å². The molecule has 5 aromatic rings. The highest BCUT2D eigenvalue weighted by atomic mass is 35.5. The molecular formula is C29H23ClN4O5. The Morgan fingerprint density at radius 1 is 1.13 bits per heavy atom. The molecule has 0 saturated carbocycles. The maximum Gasteiger partial charge on any atom is 0.341 e. The van der Waals surface area contributed by atoms with Gasteiger partial charge in [-0.15, -0.1) is 0 Å². The molecule has 0 radical (unpaired) electrons. The molecule has 0 saturated heterocycles. The molecule has 5 rings (SSSR count). The van der Waals surface area contributed by atoms with E-state index in [1.807, 2.05) is 13.0 Å². The number of hydrogen-bond donors (Lipinski definition) is 0. The van der Waals surface area contributed by atoms with E-state index >= 15 is 0 Å². The van der Waals surface area contributed by atoms with Gasteiger partial charge in [-0.3, -0.25) is 14.0 Å². The SMILES string of the molecule is CCOC(=O)c1cc2c(=O)n3cccc(C)c3nc2n(Cc2ccco2)c1=NC(=O)C=Cc1ccc(Cl)cc1. The van der Waals surface area contributed by atoms with E-state index in [1.54, 1.807) is 61.7 Å². The van der Waals surface area contributed by atoms with Gasteiger partial charge in [0.05, 0.1) is 24.8 Å². The summed E-state index contributed by atoms with van der Waals surface area (Å²) in [5.74, 6) is -0.846. The van der Waals surface area contributed by atoms with Crippen LogP contribution in [0.4, 0.5) is 0 Å². The number of benzene rings is 1. The third-order valence-electron chi connectivity index (χ3n) is 6.00. The maximum atomic E-state index is 13.6. The summed E-state index contributed by atoms with van der Waals surface area (Å²) in [5.41, 5.74) is 1.77. The quantitative estimate of drug-likeness (QED) is 0.177. The zero-order valence-corrected chi connectivity index (χ0v) is 21.9. The summed E-state index contributed by atoms with van der Waals surface area (Å²) in [7, 11) is 0. The Labute approximate surface area is 227 Å². The second-order valence-electron chi connectivity index (χ2n) is 8.64. The van der Waals surface area contributed by atoms with Gasteiger partial charge in [-0.25, -0.2) is 9.78 Å². The number of furan rings is 1. The number of carbonyl (C=O) groups excluding carboxylic acids is 2. The van der Waals surface area contributed by atoms with Crippen molar-refractivity contribution in [3.63, 3.8) is 0 Å². The largest absolute Gasteiger partial charge is 0.467 e. The van der Waals surface area contributed by atoms with Crippen LogP contribution in [-0.4, -0.2) is 32.4 Å². The van der Waals surface area contributed by atoms with Crippen molar-refractivity contribution in [2.24, 2.45) is 4.99 Å². The van der Waals surface area contributed by atoms with E-state index in [-0.39, 0.29) is 40.8 Å². The number of fused-ring (bicyclic) bond motifs is 2. The number of hydrogen-bond acceptors (Lipinski definition) is 6. The molecule has 1 amide bonds. The Morgan fingerprint density at radius 2 is 1.92 bits per heavy atom. The van der Waals surface area contributed by atoms with Crippen LogP contribution in [-0.2, 0) is 16.1 Å². The zero-order valence-electron chi connectivity index (χ0n) is 21.1. The predicted octanol–water partition coefficient (Wildman–Crippen LogP) is 4.57. The lowest BCUT2D eigenvalue weighted by Crippen LogP contribution is -2.33. The fraction of sp³-hybridized carbons (Fsp3) is 0.138. The minimum Gasteiger partial charge on any atom is -0.467 e. The second-order valence-corrected chi connectivity index (χ2v) is 9.08. The molecule has 1 aromatic carbocycles. The number of amides is 1. The van der Waals surface area contributed by atoms with Gasteiger partial charge >= 0.3 is 5.97 Å². The Morgan fingerprint density at radius 3 is 2.64 bits per heavy atom. The van der Waals surface area contributed by atoms with Crippen LogP contribution < -0.4 is 11.0 Å². The minimum atomic E-state index is -0.727. The molecule has 0 spiro atoms.